The van der Waals surface area contributed by atoms with Crippen LogP contribution in [0.15, 0.2) is 24.3 Å². The molecule has 2 unspecified atom stereocenters. The number of carbonyl (C=O) groups excluding carboxylic acids is 1. The second-order valence-electron chi connectivity index (χ2n) is 4.37. The zero-order valence-electron chi connectivity index (χ0n) is 8.94. The minimum Gasteiger partial charge on any atom is -0.508 e. The zero-order valence-corrected chi connectivity index (χ0v) is 8.94. The largest absolute Gasteiger partial charge is 0.508 e. The van der Waals surface area contributed by atoms with Gasteiger partial charge < -0.3 is 5.11 Å². The number of hydrogen-bond donors (Lipinski definition) is 1. The molecule has 2 heteroatoms. The van der Waals surface area contributed by atoms with Crippen LogP contribution in [0, 0.1) is 5.92 Å². The lowest BCUT2D eigenvalue weighted by Crippen LogP contribution is -2.24. The number of hydrogen-bond acceptors (Lipinski definition) is 2. The Morgan fingerprint density at radius 1 is 1.33 bits per heavy atom. The number of rotatable bonds is 1. The van der Waals surface area contributed by atoms with Crippen molar-refractivity contribution in [2.45, 2.75) is 32.1 Å². The molecule has 0 bridgehead atoms. The minimum atomic E-state index is -0.0973. The third kappa shape index (κ3) is 1.89. The first kappa shape index (κ1) is 10.2. The van der Waals surface area contributed by atoms with Crippen molar-refractivity contribution in [3.05, 3.63) is 29.8 Å². The van der Waals surface area contributed by atoms with Gasteiger partial charge in [-0.3, -0.25) is 4.79 Å². The fraction of sp³-hybridized carbons (Fsp3) is 0.462. The number of phenols is 1. The highest BCUT2D eigenvalue weighted by Crippen LogP contribution is 2.38. The van der Waals surface area contributed by atoms with Crippen LogP contribution in [0.5, 0.6) is 5.75 Å². The van der Waals surface area contributed by atoms with E-state index in [1.54, 1.807) is 12.1 Å². The van der Waals surface area contributed by atoms with Gasteiger partial charge in [0.15, 0.2) is 0 Å². The van der Waals surface area contributed by atoms with Crippen LogP contribution < -0.4 is 0 Å². The quantitative estimate of drug-likeness (QED) is 0.763. The van der Waals surface area contributed by atoms with Gasteiger partial charge in [-0.2, -0.15) is 0 Å². The summed E-state index contributed by atoms with van der Waals surface area (Å²) < 4.78 is 0. The van der Waals surface area contributed by atoms with E-state index in [0.717, 1.165) is 18.4 Å². The molecule has 0 spiro atoms. The van der Waals surface area contributed by atoms with Gasteiger partial charge in [0.2, 0.25) is 0 Å². The Kier molecular flexibility index (Phi) is 2.76. The summed E-state index contributed by atoms with van der Waals surface area (Å²) >= 11 is 0. The van der Waals surface area contributed by atoms with Crippen LogP contribution in [0.4, 0.5) is 0 Å². The van der Waals surface area contributed by atoms with Gasteiger partial charge in [-0.15, -0.1) is 0 Å². The van der Waals surface area contributed by atoms with E-state index in [-0.39, 0.29) is 17.5 Å². The number of carbonyl (C=O) groups is 1. The number of Topliss-reactive ketones (excluding diaryl/α,β-unsaturated/α-hetero) is 1. The van der Waals surface area contributed by atoms with Crippen LogP contribution in [-0.4, -0.2) is 10.9 Å². The Hall–Kier alpha value is -1.31. The smallest absolute Gasteiger partial charge is 0.140 e. The maximum absolute atomic E-state index is 11.8. The molecule has 1 aromatic rings. The molecule has 0 aliphatic heterocycles. The topological polar surface area (TPSA) is 37.3 Å². The summed E-state index contributed by atoms with van der Waals surface area (Å²) in [4.78, 5) is 11.8. The molecule has 15 heavy (non-hydrogen) atoms. The lowest BCUT2D eigenvalue weighted by molar-refractivity contribution is -0.123. The van der Waals surface area contributed by atoms with Crippen molar-refractivity contribution in [2.24, 2.45) is 5.92 Å². The molecule has 1 N–H and O–H groups in total. The molecule has 2 rings (SSSR count). The molecule has 2 atom stereocenters. The molecular formula is C13H16O2. The van der Waals surface area contributed by atoms with E-state index in [9.17, 15) is 9.90 Å². The van der Waals surface area contributed by atoms with E-state index < -0.39 is 0 Å². The lowest BCUT2D eigenvalue weighted by Gasteiger charge is -2.28. The van der Waals surface area contributed by atoms with E-state index in [4.69, 9.17) is 0 Å². The van der Waals surface area contributed by atoms with Gasteiger partial charge in [-0.1, -0.05) is 25.1 Å². The Morgan fingerprint density at radius 3 is 2.73 bits per heavy atom. The van der Waals surface area contributed by atoms with Gasteiger partial charge in [0.05, 0.1) is 0 Å². The van der Waals surface area contributed by atoms with Crippen molar-refractivity contribution < 1.29 is 9.90 Å². The van der Waals surface area contributed by atoms with Crippen molar-refractivity contribution in [3.63, 3.8) is 0 Å². The van der Waals surface area contributed by atoms with Gasteiger partial charge in [-0.25, -0.2) is 0 Å². The highest BCUT2D eigenvalue weighted by Gasteiger charge is 2.31. The van der Waals surface area contributed by atoms with Crippen molar-refractivity contribution >= 4 is 5.78 Å². The van der Waals surface area contributed by atoms with Crippen molar-refractivity contribution in [2.75, 3.05) is 0 Å². The Balaban J connectivity index is 2.36. The molecule has 0 radical (unpaired) electrons. The predicted molar refractivity (Wildman–Crippen MR) is 58.9 cm³/mol. The summed E-state index contributed by atoms with van der Waals surface area (Å²) in [6.07, 6.45) is 2.72. The fourth-order valence-electron chi connectivity index (χ4n) is 2.47. The summed E-state index contributed by atoms with van der Waals surface area (Å²) in [5.41, 5.74) is 0.801. The van der Waals surface area contributed by atoms with E-state index in [1.807, 2.05) is 12.1 Å². The van der Waals surface area contributed by atoms with Crippen molar-refractivity contribution in [3.8, 4) is 5.75 Å². The molecule has 1 aliphatic carbocycles. The van der Waals surface area contributed by atoms with Crippen LogP contribution in [0.3, 0.4) is 0 Å². The van der Waals surface area contributed by atoms with E-state index >= 15 is 0 Å². The van der Waals surface area contributed by atoms with Gasteiger partial charge >= 0.3 is 0 Å². The third-order valence-electron chi connectivity index (χ3n) is 3.27. The van der Waals surface area contributed by atoms with Gasteiger partial charge in [-0.05, 0) is 24.8 Å². The van der Waals surface area contributed by atoms with E-state index in [2.05, 4.69) is 6.92 Å². The molecule has 0 amide bonds. The monoisotopic (exact) mass is 204 g/mol. The Bertz CT molecular complexity index is 371. The maximum Gasteiger partial charge on any atom is 0.140 e. The normalized spacial score (nSPS) is 26.6. The number of phenolic OH excluding ortho intramolecular Hbond substituents is 1. The maximum atomic E-state index is 11.8. The molecule has 80 valence electrons. The second-order valence-corrected chi connectivity index (χ2v) is 4.37. The zero-order chi connectivity index (χ0) is 10.8. The average molecular weight is 204 g/mol. The predicted octanol–water partition coefficient (Wildman–Crippen LogP) is 2.86. The van der Waals surface area contributed by atoms with Crippen LogP contribution in [0.2, 0.25) is 0 Å². The molecule has 1 aromatic carbocycles. The average Bonchev–Trinajstić information content (AvgIpc) is 2.20. The highest BCUT2D eigenvalue weighted by molar-refractivity contribution is 5.87. The van der Waals surface area contributed by atoms with Crippen LogP contribution in [-0.2, 0) is 4.79 Å². The summed E-state index contributed by atoms with van der Waals surface area (Å²) in [5.74, 6) is 0.777. The summed E-state index contributed by atoms with van der Waals surface area (Å²) in [6, 6.07) is 7.18. The molecule has 0 heterocycles. The standard InChI is InChI=1S/C13H16O2/c1-9-5-4-8-12(15)13(9)10-6-2-3-7-11(10)14/h2-3,6-7,9,13-14H,4-5,8H2,1H3. The Labute approximate surface area is 89.9 Å². The lowest BCUT2D eigenvalue weighted by atomic mass is 9.75. The molecule has 0 saturated heterocycles. The van der Waals surface area contributed by atoms with E-state index in [1.165, 1.54) is 0 Å². The van der Waals surface area contributed by atoms with Gasteiger partial charge in [0.1, 0.15) is 11.5 Å². The number of aromatic hydroxyl groups is 1. The summed E-state index contributed by atoms with van der Waals surface area (Å²) in [7, 11) is 0. The number of para-hydroxylation sites is 1. The molecule has 0 aromatic heterocycles. The fourth-order valence-corrected chi connectivity index (χ4v) is 2.47. The molecule has 1 saturated carbocycles. The molecule has 1 aliphatic rings. The molecule has 1 fully saturated rings. The van der Waals surface area contributed by atoms with Crippen molar-refractivity contribution in [1.82, 2.24) is 0 Å². The molecule has 2 nitrogen and oxygen atoms in total. The van der Waals surface area contributed by atoms with Gasteiger partial charge in [0, 0.05) is 17.9 Å². The number of ketones is 1. The number of benzene rings is 1. The first-order valence-corrected chi connectivity index (χ1v) is 5.50. The highest BCUT2D eigenvalue weighted by atomic mass is 16.3. The second kappa shape index (κ2) is 4.05. The SMILES string of the molecule is CC1CCCC(=O)C1c1ccccc1O. The van der Waals surface area contributed by atoms with Gasteiger partial charge in [0.25, 0.3) is 0 Å². The summed E-state index contributed by atoms with van der Waals surface area (Å²) in [6.45, 7) is 2.09. The summed E-state index contributed by atoms with van der Waals surface area (Å²) in [5, 5.41) is 9.75. The first-order chi connectivity index (χ1) is 7.20. The first-order valence-electron chi connectivity index (χ1n) is 5.50. The van der Waals surface area contributed by atoms with Crippen molar-refractivity contribution in [1.29, 1.82) is 0 Å². The Morgan fingerprint density at radius 2 is 2.07 bits per heavy atom. The molecular weight excluding hydrogens is 188 g/mol. The van der Waals surface area contributed by atoms with Crippen LogP contribution in [0.25, 0.3) is 0 Å². The van der Waals surface area contributed by atoms with E-state index in [0.29, 0.717) is 12.3 Å². The minimum absolute atomic E-state index is 0.0973. The third-order valence-corrected chi connectivity index (χ3v) is 3.27. The van der Waals surface area contributed by atoms with Crippen LogP contribution >= 0.6 is 0 Å². The van der Waals surface area contributed by atoms with Crippen LogP contribution in [0.1, 0.15) is 37.7 Å².